The molecule has 11 heteroatoms. The van der Waals surface area contributed by atoms with Crippen LogP contribution in [0.3, 0.4) is 0 Å². The maximum Gasteiger partial charge on any atom is 0.243 e. The fraction of sp³-hybridized carbons (Fsp3) is 0.852. The van der Waals surface area contributed by atoms with Crippen molar-refractivity contribution in [2.45, 2.75) is 128 Å². The molecule has 0 rings (SSSR count). The minimum absolute atomic E-state index is 0.191. The van der Waals surface area contributed by atoms with E-state index < -0.39 is 35.8 Å². The monoisotopic (exact) mass is 541 g/mol. The molecule has 0 spiro atoms. The van der Waals surface area contributed by atoms with Crippen LogP contribution in [0.1, 0.15) is 110 Å². The van der Waals surface area contributed by atoms with Crippen molar-refractivity contribution in [2.24, 2.45) is 22.9 Å². The molecular weight excluding hydrogens is 486 g/mol. The van der Waals surface area contributed by atoms with Gasteiger partial charge in [-0.05, 0) is 64.6 Å². The van der Waals surface area contributed by atoms with Gasteiger partial charge in [-0.15, -0.1) is 0 Å². The minimum Gasteiger partial charge on any atom is -0.368 e. The highest BCUT2D eigenvalue weighted by molar-refractivity contribution is 5.93. The summed E-state index contributed by atoms with van der Waals surface area (Å²) in [5.74, 6) is -1.84. The molecule has 0 aliphatic heterocycles. The van der Waals surface area contributed by atoms with Gasteiger partial charge in [0.15, 0.2) is 0 Å². The Morgan fingerprint density at radius 1 is 0.553 bits per heavy atom. The Labute approximate surface area is 229 Å². The third kappa shape index (κ3) is 18.1. The molecule has 0 saturated carbocycles. The van der Waals surface area contributed by atoms with Gasteiger partial charge in [-0.3, -0.25) is 19.2 Å². The maximum absolute atomic E-state index is 13.1. The fourth-order valence-corrected chi connectivity index (χ4v) is 4.20. The first-order valence-corrected chi connectivity index (χ1v) is 14.6. The van der Waals surface area contributed by atoms with E-state index in [2.05, 4.69) is 22.9 Å². The number of hydrogen-bond donors (Lipinski definition) is 7. The zero-order valence-corrected chi connectivity index (χ0v) is 23.6. The van der Waals surface area contributed by atoms with E-state index in [4.69, 9.17) is 22.9 Å². The van der Waals surface area contributed by atoms with Gasteiger partial charge < -0.3 is 38.9 Å². The van der Waals surface area contributed by atoms with Gasteiger partial charge in [0, 0.05) is 6.42 Å². The van der Waals surface area contributed by atoms with Crippen molar-refractivity contribution in [1.29, 1.82) is 0 Å². The third-order valence-electron chi connectivity index (χ3n) is 6.54. The van der Waals surface area contributed by atoms with Crippen LogP contribution in [-0.4, -0.2) is 61.4 Å². The molecule has 11 nitrogen and oxygen atoms in total. The van der Waals surface area contributed by atoms with Crippen molar-refractivity contribution in [2.75, 3.05) is 19.6 Å². The highest BCUT2D eigenvalue weighted by Gasteiger charge is 2.28. The number of carbonyl (C=O) groups is 4. The summed E-state index contributed by atoms with van der Waals surface area (Å²) in [7, 11) is 0. The highest BCUT2D eigenvalue weighted by atomic mass is 16.2. The Bertz CT molecular complexity index is 663. The zero-order valence-electron chi connectivity index (χ0n) is 23.6. The number of nitrogens with two attached hydrogens (primary N) is 4. The molecular formula is C27H55N7O4. The van der Waals surface area contributed by atoms with Gasteiger partial charge in [0.1, 0.15) is 18.1 Å². The second kappa shape index (κ2) is 23.8. The number of nitrogens with one attached hydrogen (secondary N) is 3. The summed E-state index contributed by atoms with van der Waals surface area (Å²) in [5.41, 5.74) is 22.2. The first-order chi connectivity index (χ1) is 18.3. The molecule has 38 heavy (non-hydrogen) atoms. The van der Waals surface area contributed by atoms with Crippen molar-refractivity contribution in [3.05, 3.63) is 0 Å². The largest absolute Gasteiger partial charge is 0.368 e. The van der Waals surface area contributed by atoms with E-state index >= 15 is 0 Å². The van der Waals surface area contributed by atoms with Gasteiger partial charge in [0.2, 0.25) is 23.6 Å². The standard InChI is InChI=1S/C27H55N7O4/c1-2-3-4-5-6-7-8-9-10-17-24(35)32-22(15-12-19-29)26(37)34-23(16-13-20-30)27(38)33-21(25(31)36)14-11-18-28/h21-23H,2-20,28-30H2,1H3,(H2,31,36)(H,32,35)(H,33,38)(H,34,37). The average molecular weight is 542 g/mol. The molecule has 222 valence electrons. The lowest BCUT2D eigenvalue weighted by molar-refractivity contribution is -0.133. The Morgan fingerprint density at radius 3 is 1.39 bits per heavy atom. The summed E-state index contributed by atoms with van der Waals surface area (Å²) in [4.78, 5) is 50.3. The molecule has 0 fully saturated rings. The maximum atomic E-state index is 13.1. The molecule has 0 saturated heterocycles. The molecule has 0 aromatic heterocycles. The summed E-state index contributed by atoms with van der Waals surface area (Å²) in [6, 6.07) is -2.60. The predicted octanol–water partition coefficient (Wildman–Crippen LogP) is 1.06. The van der Waals surface area contributed by atoms with E-state index in [9.17, 15) is 19.2 Å². The van der Waals surface area contributed by atoms with Gasteiger partial charge >= 0.3 is 0 Å². The van der Waals surface area contributed by atoms with E-state index in [0.717, 1.165) is 19.3 Å². The Hall–Kier alpha value is -2.24. The minimum atomic E-state index is -0.916. The number of carbonyl (C=O) groups excluding carboxylic acids is 4. The molecule has 0 radical (unpaired) electrons. The van der Waals surface area contributed by atoms with Crippen molar-refractivity contribution in [1.82, 2.24) is 16.0 Å². The van der Waals surface area contributed by atoms with Gasteiger partial charge in [-0.2, -0.15) is 0 Å². The number of amides is 4. The zero-order chi connectivity index (χ0) is 28.6. The van der Waals surface area contributed by atoms with Crippen LogP contribution in [-0.2, 0) is 19.2 Å². The van der Waals surface area contributed by atoms with Gasteiger partial charge in [-0.25, -0.2) is 0 Å². The predicted molar refractivity (Wildman–Crippen MR) is 152 cm³/mol. The van der Waals surface area contributed by atoms with Crippen molar-refractivity contribution in [3.8, 4) is 0 Å². The molecule has 0 aromatic carbocycles. The molecule has 4 amide bonds. The fourth-order valence-electron chi connectivity index (χ4n) is 4.20. The SMILES string of the molecule is CCCCCCCCCCCC(=O)NC(CCCN)C(=O)NC(CCCN)C(=O)NC(CCCN)C(N)=O. The van der Waals surface area contributed by atoms with Gasteiger partial charge in [-0.1, -0.05) is 58.3 Å². The number of primary amides is 1. The number of rotatable bonds is 25. The van der Waals surface area contributed by atoms with Crippen molar-refractivity contribution < 1.29 is 19.2 Å². The van der Waals surface area contributed by atoms with Crippen LogP contribution in [0.2, 0.25) is 0 Å². The van der Waals surface area contributed by atoms with Crippen LogP contribution in [0.15, 0.2) is 0 Å². The Kier molecular flexibility index (Phi) is 22.4. The summed E-state index contributed by atoms with van der Waals surface area (Å²) in [5, 5.41) is 8.16. The van der Waals surface area contributed by atoms with E-state index in [-0.39, 0.29) is 12.3 Å². The van der Waals surface area contributed by atoms with Gasteiger partial charge in [0.05, 0.1) is 0 Å². The lowest BCUT2D eigenvalue weighted by Gasteiger charge is -2.25. The molecule has 3 unspecified atom stereocenters. The third-order valence-corrected chi connectivity index (χ3v) is 6.54. The van der Waals surface area contributed by atoms with Crippen LogP contribution < -0.4 is 38.9 Å². The second-order valence-corrected chi connectivity index (χ2v) is 10.0. The lowest BCUT2D eigenvalue weighted by Crippen LogP contribution is -2.56. The topological polar surface area (TPSA) is 208 Å². The van der Waals surface area contributed by atoms with Crippen molar-refractivity contribution in [3.63, 3.8) is 0 Å². The average Bonchev–Trinajstić information content (AvgIpc) is 2.89. The molecule has 0 aromatic rings. The van der Waals surface area contributed by atoms with E-state index in [1.54, 1.807) is 0 Å². The summed E-state index contributed by atoms with van der Waals surface area (Å²) in [6.45, 7) is 3.27. The normalized spacial score (nSPS) is 13.4. The van der Waals surface area contributed by atoms with Crippen LogP contribution in [0.25, 0.3) is 0 Å². The van der Waals surface area contributed by atoms with E-state index in [1.165, 1.54) is 38.5 Å². The van der Waals surface area contributed by atoms with E-state index in [1.807, 2.05) is 0 Å². The Morgan fingerprint density at radius 2 is 0.947 bits per heavy atom. The molecule has 0 bridgehead atoms. The summed E-state index contributed by atoms with van der Waals surface area (Å²) < 4.78 is 0. The van der Waals surface area contributed by atoms with Crippen LogP contribution in [0, 0.1) is 0 Å². The first kappa shape index (κ1) is 35.8. The van der Waals surface area contributed by atoms with Crippen LogP contribution >= 0.6 is 0 Å². The lowest BCUT2D eigenvalue weighted by atomic mass is 10.0. The summed E-state index contributed by atoms with van der Waals surface area (Å²) >= 11 is 0. The Balaban J connectivity index is 4.89. The molecule has 11 N–H and O–H groups in total. The quantitative estimate of drug-likeness (QED) is 0.0835. The second-order valence-electron chi connectivity index (χ2n) is 10.0. The van der Waals surface area contributed by atoms with Crippen LogP contribution in [0.5, 0.6) is 0 Å². The molecule has 0 aliphatic rings. The molecule has 0 aliphatic carbocycles. The van der Waals surface area contributed by atoms with Gasteiger partial charge in [0.25, 0.3) is 0 Å². The molecule has 3 atom stereocenters. The highest BCUT2D eigenvalue weighted by Crippen LogP contribution is 2.11. The van der Waals surface area contributed by atoms with Crippen molar-refractivity contribution >= 4 is 23.6 Å². The first-order valence-electron chi connectivity index (χ1n) is 14.6. The summed E-state index contributed by atoms with van der Waals surface area (Å²) in [6.07, 6.45) is 13.2. The molecule has 0 heterocycles. The number of unbranched alkanes of at least 4 members (excludes halogenated alkanes) is 8. The van der Waals surface area contributed by atoms with Crippen LogP contribution in [0.4, 0.5) is 0 Å². The number of hydrogen-bond acceptors (Lipinski definition) is 7. The van der Waals surface area contributed by atoms with E-state index in [0.29, 0.717) is 58.2 Å². The smallest absolute Gasteiger partial charge is 0.243 e.